The van der Waals surface area contributed by atoms with Crippen molar-refractivity contribution >= 4 is 11.9 Å². The molecule has 0 aliphatic carbocycles. The minimum absolute atomic E-state index is 0.155. The number of nitrogens with zero attached hydrogens (tertiary/aromatic N) is 3. The van der Waals surface area contributed by atoms with Crippen LogP contribution in [0.4, 0.5) is 5.95 Å². The van der Waals surface area contributed by atoms with Gasteiger partial charge < -0.3 is 14.0 Å². The third-order valence-corrected chi connectivity index (χ3v) is 4.37. The lowest BCUT2D eigenvalue weighted by molar-refractivity contribution is -0.119. The van der Waals surface area contributed by atoms with Gasteiger partial charge in [-0.15, -0.1) is 5.10 Å². The van der Waals surface area contributed by atoms with Crippen LogP contribution in [0.3, 0.4) is 0 Å². The van der Waals surface area contributed by atoms with E-state index in [1.807, 2.05) is 41.2 Å². The normalized spacial score (nSPS) is 12.0. The molecule has 28 heavy (non-hydrogen) atoms. The van der Waals surface area contributed by atoms with E-state index in [9.17, 15) is 4.79 Å². The molecule has 8 nitrogen and oxygen atoms in total. The second kappa shape index (κ2) is 8.60. The van der Waals surface area contributed by atoms with Crippen molar-refractivity contribution in [3.05, 3.63) is 42.7 Å². The van der Waals surface area contributed by atoms with Gasteiger partial charge in [-0.1, -0.05) is 13.8 Å². The zero-order valence-corrected chi connectivity index (χ0v) is 16.5. The highest BCUT2D eigenvalue weighted by Gasteiger charge is 2.22. The Hall–Kier alpha value is -3.29. The monoisotopic (exact) mass is 383 g/mol. The Morgan fingerprint density at radius 3 is 2.61 bits per heavy atom. The van der Waals surface area contributed by atoms with Crippen molar-refractivity contribution in [3.63, 3.8) is 0 Å². The predicted molar refractivity (Wildman–Crippen MR) is 106 cm³/mol. The van der Waals surface area contributed by atoms with Crippen LogP contribution in [0.2, 0.25) is 0 Å². The summed E-state index contributed by atoms with van der Waals surface area (Å²) in [6.07, 6.45) is 4.49. The highest BCUT2D eigenvalue weighted by atomic mass is 16.5. The van der Waals surface area contributed by atoms with Crippen LogP contribution in [0.15, 0.2) is 42.7 Å². The van der Waals surface area contributed by atoms with E-state index in [0.29, 0.717) is 29.7 Å². The first-order valence-corrected chi connectivity index (χ1v) is 9.10. The Bertz CT molecular complexity index is 918. The SMILES string of the molecule is COc1ccc(-c2nc(NC(=O)[C@H](CC(C)C)n3cccc3)n[nH]2)c(OC)c1. The fraction of sp³-hybridized carbons (Fsp3) is 0.350. The molecule has 0 bridgehead atoms. The highest BCUT2D eigenvalue weighted by Crippen LogP contribution is 2.31. The van der Waals surface area contributed by atoms with E-state index in [-0.39, 0.29) is 17.9 Å². The summed E-state index contributed by atoms with van der Waals surface area (Å²) in [4.78, 5) is 17.2. The van der Waals surface area contributed by atoms with Crippen molar-refractivity contribution in [3.8, 4) is 22.9 Å². The molecule has 0 fully saturated rings. The van der Waals surface area contributed by atoms with Crippen LogP contribution in [-0.2, 0) is 4.79 Å². The van der Waals surface area contributed by atoms with Crippen molar-refractivity contribution in [2.75, 3.05) is 19.5 Å². The standard InChI is InChI=1S/C20H25N5O3/c1-13(2)11-16(25-9-5-6-10-25)19(26)22-20-21-18(23-24-20)15-8-7-14(27-3)12-17(15)28-4/h5-10,12-13,16H,11H2,1-4H3,(H2,21,22,23,24,26)/t16-/m0/s1. The smallest absolute Gasteiger partial charge is 0.249 e. The van der Waals surface area contributed by atoms with Gasteiger partial charge in [0, 0.05) is 18.5 Å². The number of carbonyl (C=O) groups is 1. The van der Waals surface area contributed by atoms with Gasteiger partial charge in [-0.2, -0.15) is 4.98 Å². The molecule has 3 aromatic rings. The van der Waals surface area contributed by atoms with Crippen molar-refractivity contribution in [2.24, 2.45) is 5.92 Å². The number of ether oxygens (including phenoxy) is 2. The van der Waals surface area contributed by atoms with Gasteiger partial charge in [0.1, 0.15) is 17.5 Å². The fourth-order valence-electron chi connectivity index (χ4n) is 2.99. The maximum absolute atomic E-state index is 12.8. The largest absolute Gasteiger partial charge is 0.497 e. The first-order chi connectivity index (χ1) is 13.5. The number of anilines is 1. The first-order valence-electron chi connectivity index (χ1n) is 9.10. The summed E-state index contributed by atoms with van der Waals surface area (Å²) in [5, 5.41) is 9.79. The second-order valence-electron chi connectivity index (χ2n) is 6.84. The van der Waals surface area contributed by atoms with Crippen LogP contribution in [0.1, 0.15) is 26.3 Å². The number of methoxy groups -OCH3 is 2. The summed E-state index contributed by atoms with van der Waals surface area (Å²) in [7, 11) is 3.17. The van der Waals surface area contributed by atoms with Crippen LogP contribution < -0.4 is 14.8 Å². The number of nitrogens with one attached hydrogen (secondary N) is 2. The van der Waals surface area contributed by atoms with Crippen LogP contribution >= 0.6 is 0 Å². The topological polar surface area (TPSA) is 94.1 Å². The Morgan fingerprint density at radius 2 is 1.96 bits per heavy atom. The molecule has 1 amide bonds. The molecule has 0 aliphatic rings. The number of aromatic amines is 1. The molecule has 0 spiro atoms. The molecule has 0 unspecified atom stereocenters. The zero-order valence-electron chi connectivity index (χ0n) is 16.5. The minimum Gasteiger partial charge on any atom is -0.497 e. The molecular formula is C20H25N5O3. The first kappa shape index (κ1) is 19.5. The summed E-state index contributed by atoms with van der Waals surface area (Å²) < 4.78 is 12.5. The minimum atomic E-state index is -0.326. The van der Waals surface area contributed by atoms with Crippen LogP contribution in [-0.4, -0.2) is 39.9 Å². The number of H-pyrrole nitrogens is 1. The molecule has 3 rings (SSSR count). The molecule has 8 heteroatoms. The summed E-state index contributed by atoms with van der Waals surface area (Å²) in [6, 6.07) is 8.88. The Balaban J connectivity index is 1.79. The van der Waals surface area contributed by atoms with Gasteiger partial charge >= 0.3 is 0 Å². The van der Waals surface area contributed by atoms with Gasteiger partial charge in [-0.3, -0.25) is 15.2 Å². The molecule has 2 aromatic heterocycles. The van der Waals surface area contributed by atoms with E-state index in [1.54, 1.807) is 20.3 Å². The van der Waals surface area contributed by atoms with E-state index in [2.05, 4.69) is 34.3 Å². The quantitative estimate of drug-likeness (QED) is 0.621. The lowest BCUT2D eigenvalue weighted by atomic mass is 10.0. The van der Waals surface area contributed by atoms with Crippen LogP contribution in [0.25, 0.3) is 11.4 Å². The second-order valence-corrected chi connectivity index (χ2v) is 6.84. The van der Waals surface area contributed by atoms with Gasteiger partial charge in [0.05, 0.1) is 19.8 Å². The summed E-state index contributed by atoms with van der Waals surface area (Å²) in [6.45, 7) is 4.18. The third-order valence-electron chi connectivity index (χ3n) is 4.37. The van der Waals surface area contributed by atoms with Crippen LogP contribution in [0, 0.1) is 5.92 Å². The Kier molecular flexibility index (Phi) is 5.98. The average Bonchev–Trinajstić information content (AvgIpc) is 3.37. The summed E-state index contributed by atoms with van der Waals surface area (Å²) >= 11 is 0. The number of carbonyl (C=O) groups excluding carboxylic acids is 1. The van der Waals surface area contributed by atoms with Crippen molar-refractivity contribution in [1.82, 2.24) is 19.7 Å². The highest BCUT2D eigenvalue weighted by molar-refractivity contribution is 5.92. The maximum atomic E-state index is 12.8. The number of hydrogen-bond acceptors (Lipinski definition) is 5. The predicted octanol–water partition coefficient (Wildman–Crippen LogP) is 3.52. The molecule has 2 heterocycles. The van der Waals surface area contributed by atoms with Gasteiger partial charge in [0.15, 0.2) is 5.82 Å². The molecule has 1 aromatic carbocycles. The van der Waals surface area contributed by atoms with Gasteiger partial charge in [0.2, 0.25) is 11.9 Å². The number of hydrogen-bond donors (Lipinski definition) is 2. The van der Waals surface area contributed by atoms with Gasteiger partial charge in [-0.05, 0) is 36.6 Å². The fourth-order valence-corrected chi connectivity index (χ4v) is 2.99. The van der Waals surface area contributed by atoms with Crippen molar-refractivity contribution < 1.29 is 14.3 Å². The maximum Gasteiger partial charge on any atom is 0.249 e. The summed E-state index contributed by atoms with van der Waals surface area (Å²) in [5.41, 5.74) is 0.723. The van der Waals surface area contributed by atoms with Crippen molar-refractivity contribution in [2.45, 2.75) is 26.3 Å². The Morgan fingerprint density at radius 1 is 1.21 bits per heavy atom. The summed E-state index contributed by atoms with van der Waals surface area (Å²) in [5.74, 6) is 2.20. The molecule has 0 radical (unpaired) electrons. The van der Waals surface area contributed by atoms with Gasteiger partial charge in [0.25, 0.3) is 0 Å². The lowest BCUT2D eigenvalue weighted by Gasteiger charge is -2.19. The van der Waals surface area contributed by atoms with Crippen LogP contribution in [0.5, 0.6) is 11.5 Å². The van der Waals surface area contributed by atoms with E-state index in [4.69, 9.17) is 9.47 Å². The van der Waals surface area contributed by atoms with E-state index in [0.717, 1.165) is 5.56 Å². The van der Waals surface area contributed by atoms with E-state index >= 15 is 0 Å². The number of benzene rings is 1. The number of amides is 1. The van der Waals surface area contributed by atoms with E-state index < -0.39 is 0 Å². The average molecular weight is 383 g/mol. The Labute approximate surface area is 163 Å². The third kappa shape index (κ3) is 4.33. The molecule has 148 valence electrons. The molecule has 0 saturated carbocycles. The zero-order chi connectivity index (χ0) is 20.1. The van der Waals surface area contributed by atoms with Gasteiger partial charge in [-0.25, -0.2) is 0 Å². The number of rotatable bonds is 8. The molecule has 1 atom stereocenters. The van der Waals surface area contributed by atoms with Crippen molar-refractivity contribution in [1.29, 1.82) is 0 Å². The van der Waals surface area contributed by atoms with E-state index in [1.165, 1.54) is 0 Å². The number of aromatic nitrogens is 4. The molecule has 0 saturated heterocycles. The lowest BCUT2D eigenvalue weighted by Crippen LogP contribution is -2.27. The molecule has 2 N–H and O–H groups in total. The molecular weight excluding hydrogens is 358 g/mol. The molecule has 0 aliphatic heterocycles.